The van der Waals surface area contributed by atoms with Gasteiger partial charge in [-0.25, -0.2) is 0 Å². The summed E-state index contributed by atoms with van der Waals surface area (Å²) in [5.41, 5.74) is 0.816. The lowest BCUT2D eigenvalue weighted by molar-refractivity contribution is -0.385. The fourth-order valence-electron chi connectivity index (χ4n) is 2.34. The number of carbonyl (C=O) groups is 1. The third-order valence-electron chi connectivity index (χ3n) is 3.62. The Labute approximate surface area is 133 Å². The number of rotatable bonds is 5. The van der Waals surface area contributed by atoms with Gasteiger partial charge in [0.25, 0.3) is 11.6 Å². The fraction of sp³-hybridized carbons (Fsp3) is 0.375. The molecule has 1 amide bonds. The van der Waals surface area contributed by atoms with Crippen LogP contribution in [-0.4, -0.2) is 30.1 Å². The Kier molecular flexibility index (Phi) is 5.44. The normalized spacial score (nSPS) is 17.6. The predicted octanol–water partition coefficient (Wildman–Crippen LogP) is 2.11. The Balaban J connectivity index is 2.11. The molecule has 1 aliphatic heterocycles. The Morgan fingerprint density at radius 3 is 3.00 bits per heavy atom. The molecule has 1 atom stereocenters. The van der Waals surface area contributed by atoms with Crippen molar-refractivity contribution in [2.45, 2.75) is 25.9 Å². The molecule has 0 bridgehead atoms. The van der Waals surface area contributed by atoms with Crippen molar-refractivity contribution in [2.24, 2.45) is 0 Å². The van der Waals surface area contributed by atoms with Crippen LogP contribution < -0.4 is 5.32 Å². The smallest absolute Gasteiger partial charge is 0.272 e. The summed E-state index contributed by atoms with van der Waals surface area (Å²) in [5.74, 6) is -0.508. The number of nitrogens with one attached hydrogen (secondary N) is 1. The summed E-state index contributed by atoms with van der Waals surface area (Å²) in [7, 11) is 0. The first-order valence-electron chi connectivity index (χ1n) is 7.28. The third-order valence-corrected chi connectivity index (χ3v) is 3.62. The van der Waals surface area contributed by atoms with E-state index in [9.17, 15) is 14.9 Å². The number of aryl methyl sites for hydroxylation is 1. The molecule has 23 heavy (non-hydrogen) atoms. The maximum Gasteiger partial charge on any atom is 0.272 e. The van der Waals surface area contributed by atoms with Crippen molar-refractivity contribution < 1.29 is 14.5 Å². The number of hydrogen-bond acceptors (Lipinski definition) is 5. The molecule has 1 aliphatic rings. The van der Waals surface area contributed by atoms with Crippen molar-refractivity contribution >= 4 is 17.7 Å². The van der Waals surface area contributed by atoms with Crippen LogP contribution in [0, 0.1) is 28.4 Å². The van der Waals surface area contributed by atoms with Gasteiger partial charge in [0, 0.05) is 24.8 Å². The van der Waals surface area contributed by atoms with Gasteiger partial charge >= 0.3 is 0 Å². The lowest BCUT2D eigenvalue weighted by atomic mass is 10.1. The molecule has 0 aromatic heterocycles. The van der Waals surface area contributed by atoms with Gasteiger partial charge in [-0.2, -0.15) is 5.26 Å². The average Bonchev–Trinajstić information content (AvgIpc) is 3.04. The quantitative estimate of drug-likeness (QED) is 0.388. The highest BCUT2D eigenvalue weighted by Gasteiger charge is 2.18. The zero-order valence-corrected chi connectivity index (χ0v) is 12.7. The lowest BCUT2D eigenvalue weighted by Crippen LogP contribution is -2.32. The van der Waals surface area contributed by atoms with Gasteiger partial charge in [-0.1, -0.05) is 12.1 Å². The molecule has 0 saturated carbocycles. The molecule has 0 radical (unpaired) electrons. The van der Waals surface area contributed by atoms with E-state index >= 15 is 0 Å². The van der Waals surface area contributed by atoms with E-state index in [1.807, 2.05) is 6.07 Å². The summed E-state index contributed by atoms with van der Waals surface area (Å²) in [6, 6.07) is 6.39. The molecule has 2 rings (SSSR count). The molecule has 1 fully saturated rings. The SMILES string of the molecule is Cc1ccc(/C=C(\C#N)C(=O)NC[C@H]2CCCO2)cc1[N+](=O)[O-]. The first-order chi connectivity index (χ1) is 11.0. The lowest BCUT2D eigenvalue weighted by Gasteiger charge is -2.10. The monoisotopic (exact) mass is 315 g/mol. The second-order valence-corrected chi connectivity index (χ2v) is 5.32. The van der Waals surface area contributed by atoms with E-state index in [0.29, 0.717) is 24.3 Å². The standard InChI is InChI=1S/C16H17N3O4/c1-11-4-5-12(8-15(11)19(21)22)7-13(9-17)16(20)18-10-14-3-2-6-23-14/h4-5,7-8,14H,2-3,6,10H2,1H3,(H,18,20)/b13-7+/t14-/m1/s1. The molecule has 1 saturated heterocycles. The zero-order chi connectivity index (χ0) is 16.8. The number of nitriles is 1. The van der Waals surface area contributed by atoms with E-state index < -0.39 is 10.8 Å². The molecule has 7 heteroatoms. The van der Waals surface area contributed by atoms with E-state index in [-0.39, 0.29) is 17.4 Å². The van der Waals surface area contributed by atoms with Gasteiger partial charge in [-0.15, -0.1) is 0 Å². The topological polar surface area (TPSA) is 105 Å². The van der Waals surface area contributed by atoms with E-state index in [1.165, 1.54) is 12.1 Å². The number of nitrogens with zero attached hydrogens (tertiary/aromatic N) is 2. The van der Waals surface area contributed by atoms with Crippen molar-refractivity contribution in [1.82, 2.24) is 5.32 Å². The van der Waals surface area contributed by atoms with Gasteiger partial charge in [0.05, 0.1) is 11.0 Å². The van der Waals surface area contributed by atoms with Crippen molar-refractivity contribution in [3.63, 3.8) is 0 Å². The molecule has 1 N–H and O–H groups in total. The highest BCUT2D eigenvalue weighted by Crippen LogP contribution is 2.21. The van der Waals surface area contributed by atoms with Crippen molar-refractivity contribution in [3.05, 3.63) is 45.0 Å². The molecule has 1 aromatic carbocycles. The summed E-state index contributed by atoms with van der Waals surface area (Å²) in [6.07, 6.45) is 3.18. The highest BCUT2D eigenvalue weighted by atomic mass is 16.6. The molecule has 120 valence electrons. The largest absolute Gasteiger partial charge is 0.376 e. The molecule has 1 aromatic rings. The van der Waals surface area contributed by atoms with Crippen LogP contribution in [0.4, 0.5) is 5.69 Å². The number of hydrogen-bond donors (Lipinski definition) is 1. The first kappa shape index (κ1) is 16.6. The van der Waals surface area contributed by atoms with Crippen molar-refractivity contribution in [1.29, 1.82) is 5.26 Å². The highest BCUT2D eigenvalue weighted by molar-refractivity contribution is 6.01. The summed E-state index contributed by atoms with van der Waals surface area (Å²) >= 11 is 0. The molecular formula is C16H17N3O4. The fourth-order valence-corrected chi connectivity index (χ4v) is 2.34. The van der Waals surface area contributed by atoms with Gasteiger partial charge in [-0.3, -0.25) is 14.9 Å². The third kappa shape index (κ3) is 4.37. The maximum absolute atomic E-state index is 12.0. The zero-order valence-electron chi connectivity index (χ0n) is 12.7. The van der Waals surface area contributed by atoms with Crippen LogP contribution in [0.25, 0.3) is 6.08 Å². The van der Waals surface area contributed by atoms with Gasteiger partial charge in [-0.05, 0) is 31.4 Å². The van der Waals surface area contributed by atoms with E-state index in [4.69, 9.17) is 10.00 Å². The Morgan fingerprint density at radius 1 is 1.61 bits per heavy atom. The number of nitro benzene ring substituents is 1. The maximum atomic E-state index is 12.0. The number of carbonyl (C=O) groups excluding carboxylic acids is 1. The summed E-state index contributed by atoms with van der Waals surface area (Å²) in [4.78, 5) is 22.5. The number of amides is 1. The number of ether oxygens (including phenoxy) is 1. The van der Waals surface area contributed by atoms with Crippen LogP contribution in [0.1, 0.15) is 24.0 Å². The van der Waals surface area contributed by atoms with Crippen LogP contribution >= 0.6 is 0 Å². The minimum absolute atomic E-state index is 0.0145. The van der Waals surface area contributed by atoms with Crippen LogP contribution in [-0.2, 0) is 9.53 Å². The molecular weight excluding hydrogens is 298 g/mol. The van der Waals surface area contributed by atoms with Gasteiger partial charge in [0.2, 0.25) is 0 Å². The number of nitro groups is 1. The summed E-state index contributed by atoms with van der Waals surface area (Å²) in [6.45, 7) is 2.67. The minimum atomic E-state index is -0.508. The minimum Gasteiger partial charge on any atom is -0.376 e. The molecule has 7 nitrogen and oxygen atoms in total. The van der Waals surface area contributed by atoms with Crippen LogP contribution in [0.3, 0.4) is 0 Å². The molecule has 0 spiro atoms. The van der Waals surface area contributed by atoms with Gasteiger partial charge in [0.1, 0.15) is 11.6 Å². The first-order valence-corrected chi connectivity index (χ1v) is 7.28. The van der Waals surface area contributed by atoms with E-state index in [0.717, 1.165) is 12.8 Å². The van der Waals surface area contributed by atoms with Crippen molar-refractivity contribution in [2.75, 3.05) is 13.2 Å². The Bertz CT molecular complexity index is 685. The Morgan fingerprint density at radius 2 is 2.39 bits per heavy atom. The Hall–Kier alpha value is -2.72. The van der Waals surface area contributed by atoms with Crippen molar-refractivity contribution in [3.8, 4) is 6.07 Å². The van der Waals surface area contributed by atoms with Gasteiger partial charge in [0.15, 0.2) is 0 Å². The summed E-state index contributed by atoms with van der Waals surface area (Å²) in [5, 5.41) is 22.7. The second kappa shape index (κ2) is 7.51. The van der Waals surface area contributed by atoms with Crippen LogP contribution in [0.15, 0.2) is 23.8 Å². The average molecular weight is 315 g/mol. The van der Waals surface area contributed by atoms with Crippen LogP contribution in [0.2, 0.25) is 0 Å². The van der Waals surface area contributed by atoms with Crippen LogP contribution in [0.5, 0.6) is 0 Å². The molecule has 1 heterocycles. The summed E-state index contributed by atoms with van der Waals surface area (Å²) < 4.78 is 5.40. The van der Waals surface area contributed by atoms with Gasteiger partial charge < -0.3 is 10.1 Å². The number of benzene rings is 1. The van der Waals surface area contributed by atoms with E-state index in [2.05, 4.69) is 5.32 Å². The molecule has 0 aliphatic carbocycles. The predicted molar refractivity (Wildman–Crippen MR) is 83.4 cm³/mol. The second-order valence-electron chi connectivity index (χ2n) is 5.32. The molecule has 0 unspecified atom stereocenters. The van der Waals surface area contributed by atoms with E-state index in [1.54, 1.807) is 19.1 Å².